The zero-order valence-electron chi connectivity index (χ0n) is 15.8. The maximum absolute atomic E-state index is 2.50. The molecule has 0 amide bonds. The van der Waals surface area contributed by atoms with E-state index in [1.165, 1.54) is 42.5 Å². The molecule has 0 saturated carbocycles. The summed E-state index contributed by atoms with van der Waals surface area (Å²) in [6.07, 6.45) is 4.67. The van der Waals surface area contributed by atoms with Gasteiger partial charge in [-0.3, -0.25) is 0 Å². The van der Waals surface area contributed by atoms with Crippen LogP contribution in [0.4, 0.5) is 5.69 Å². The zero-order valence-corrected chi connectivity index (χ0v) is 17.4. The van der Waals surface area contributed by atoms with Crippen LogP contribution in [0.1, 0.15) is 17.2 Å². The number of thioether (sulfide) groups is 2. The first kappa shape index (κ1) is 16.6. The molecule has 0 N–H and O–H groups in total. The van der Waals surface area contributed by atoms with Crippen LogP contribution in [0.2, 0.25) is 0 Å². The smallest absolute Gasteiger partial charge is 0.107 e. The molecule has 0 saturated heterocycles. The van der Waals surface area contributed by atoms with E-state index < -0.39 is 0 Å². The van der Waals surface area contributed by atoms with Gasteiger partial charge in [-0.2, -0.15) is 0 Å². The summed E-state index contributed by atoms with van der Waals surface area (Å²) in [5.74, 6) is 0. The zero-order chi connectivity index (χ0) is 18.8. The molecule has 0 fully saturated rings. The number of anilines is 1. The monoisotopic (exact) mass is 400 g/mol. The van der Waals surface area contributed by atoms with Crippen molar-refractivity contribution in [2.75, 3.05) is 19.0 Å². The molecule has 0 spiro atoms. The van der Waals surface area contributed by atoms with Gasteiger partial charge in [0.25, 0.3) is 0 Å². The van der Waals surface area contributed by atoms with E-state index >= 15 is 0 Å². The summed E-state index contributed by atoms with van der Waals surface area (Å²) in [5.41, 5.74) is 4.09. The molecule has 1 aliphatic carbocycles. The Hall–Kier alpha value is -2.30. The van der Waals surface area contributed by atoms with Crippen LogP contribution >= 0.6 is 23.5 Å². The molecule has 4 heteroatoms. The molecule has 3 aliphatic rings. The number of hydrogen-bond acceptors (Lipinski definition) is 4. The van der Waals surface area contributed by atoms with Gasteiger partial charge >= 0.3 is 0 Å². The SMILES string of the molecule is CN1C2=C(Sc3c1ccc1ccccc31)N(C)C1c3ccccc3C=CC1S2. The average molecular weight is 401 g/mol. The third kappa shape index (κ3) is 2.25. The summed E-state index contributed by atoms with van der Waals surface area (Å²) in [4.78, 5) is 6.26. The van der Waals surface area contributed by atoms with Gasteiger partial charge in [-0.15, -0.1) is 0 Å². The molecule has 2 heterocycles. The Labute approximate surface area is 173 Å². The molecule has 3 aromatic rings. The molecule has 0 radical (unpaired) electrons. The van der Waals surface area contributed by atoms with Crippen molar-refractivity contribution in [3.63, 3.8) is 0 Å². The Morgan fingerprint density at radius 2 is 1.68 bits per heavy atom. The Morgan fingerprint density at radius 3 is 2.61 bits per heavy atom. The molecule has 2 unspecified atom stereocenters. The lowest BCUT2D eigenvalue weighted by Crippen LogP contribution is -2.39. The Morgan fingerprint density at radius 1 is 0.857 bits per heavy atom. The second-order valence-electron chi connectivity index (χ2n) is 7.53. The molecular weight excluding hydrogens is 380 g/mol. The van der Waals surface area contributed by atoms with E-state index in [1.54, 1.807) is 0 Å². The minimum atomic E-state index is 0.377. The van der Waals surface area contributed by atoms with Crippen LogP contribution in [-0.2, 0) is 0 Å². The second-order valence-corrected chi connectivity index (χ2v) is 9.70. The topological polar surface area (TPSA) is 6.48 Å². The van der Waals surface area contributed by atoms with Gasteiger partial charge in [0.1, 0.15) is 10.1 Å². The molecule has 3 aromatic carbocycles. The highest BCUT2D eigenvalue weighted by molar-refractivity contribution is 8.07. The fraction of sp³-hybridized carbons (Fsp3) is 0.167. The highest BCUT2D eigenvalue weighted by Gasteiger charge is 2.41. The van der Waals surface area contributed by atoms with Crippen molar-refractivity contribution in [1.82, 2.24) is 4.90 Å². The highest BCUT2D eigenvalue weighted by Crippen LogP contribution is 2.57. The maximum Gasteiger partial charge on any atom is 0.107 e. The summed E-state index contributed by atoms with van der Waals surface area (Å²) >= 11 is 3.93. The average Bonchev–Trinajstić information content (AvgIpc) is 2.74. The summed E-state index contributed by atoms with van der Waals surface area (Å²) in [7, 11) is 4.48. The van der Waals surface area contributed by atoms with Crippen LogP contribution in [0.15, 0.2) is 81.7 Å². The van der Waals surface area contributed by atoms with Crippen LogP contribution in [0.25, 0.3) is 16.8 Å². The predicted molar refractivity (Wildman–Crippen MR) is 123 cm³/mol. The molecule has 2 nitrogen and oxygen atoms in total. The van der Waals surface area contributed by atoms with Crippen molar-refractivity contribution in [1.29, 1.82) is 0 Å². The number of hydrogen-bond donors (Lipinski definition) is 0. The minimum absolute atomic E-state index is 0.377. The lowest BCUT2D eigenvalue weighted by molar-refractivity contribution is 0.328. The standard InChI is InChI=1S/C24H20N2S2/c1-25-19-13-11-16-8-4-6-10-18(16)22(19)28-24-23(25)27-20-14-12-15-7-3-5-9-17(15)21(20)26(24)2/h3-14,20-21H,1-2H3. The van der Waals surface area contributed by atoms with Crippen molar-refractivity contribution in [2.24, 2.45) is 0 Å². The molecule has 138 valence electrons. The normalized spacial score (nSPS) is 22.6. The van der Waals surface area contributed by atoms with Crippen molar-refractivity contribution in [3.05, 3.63) is 87.9 Å². The van der Waals surface area contributed by atoms with E-state index in [4.69, 9.17) is 0 Å². The van der Waals surface area contributed by atoms with E-state index in [9.17, 15) is 0 Å². The fourth-order valence-electron chi connectivity index (χ4n) is 4.55. The van der Waals surface area contributed by atoms with Crippen molar-refractivity contribution < 1.29 is 0 Å². The van der Waals surface area contributed by atoms with Crippen LogP contribution < -0.4 is 4.90 Å². The fourth-order valence-corrected chi connectivity index (χ4v) is 7.47. The van der Waals surface area contributed by atoms with Crippen LogP contribution in [0.5, 0.6) is 0 Å². The lowest BCUT2D eigenvalue weighted by Gasteiger charge is -2.47. The number of benzene rings is 3. The number of rotatable bonds is 0. The minimum Gasteiger partial charge on any atom is -0.358 e. The van der Waals surface area contributed by atoms with Gasteiger partial charge in [0, 0.05) is 19.0 Å². The van der Waals surface area contributed by atoms with Crippen molar-refractivity contribution in [3.8, 4) is 0 Å². The van der Waals surface area contributed by atoms with E-state index in [2.05, 4.69) is 96.7 Å². The first-order valence-electron chi connectivity index (χ1n) is 9.56. The molecule has 0 aromatic heterocycles. The van der Waals surface area contributed by atoms with E-state index in [0.717, 1.165) is 0 Å². The quantitative estimate of drug-likeness (QED) is 0.435. The molecule has 2 aliphatic heterocycles. The third-order valence-corrected chi connectivity index (χ3v) is 8.80. The van der Waals surface area contributed by atoms with Gasteiger partial charge in [0.05, 0.1) is 17.0 Å². The van der Waals surface area contributed by atoms with Gasteiger partial charge in [-0.25, -0.2) is 0 Å². The summed E-state index contributed by atoms with van der Waals surface area (Å²) in [6.45, 7) is 0. The predicted octanol–water partition coefficient (Wildman–Crippen LogP) is 6.32. The van der Waals surface area contributed by atoms with Crippen LogP contribution in [-0.4, -0.2) is 24.2 Å². The molecule has 6 rings (SSSR count). The van der Waals surface area contributed by atoms with E-state index in [1.807, 2.05) is 23.5 Å². The third-order valence-electron chi connectivity index (χ3n) is 5.98. The maximum atomic E-state index is 2.50. The van der Waals surface area contributed by atoms with Gasteiger partial charge in [-0.05, 0) is 28.0 Å². The van der Waals surface area contributed by atoms with Crippen LogP contribution in [0, 0.1) is 0 Å². The first-order valence-corrected chi connectivity index (χ1v) is 11.3. The van der Waals surface area contributed by atoms with Gasteiger partial charge in [0.15, 0.2) is 0 Å². The number of fused-ring (bicyclic) bond motifs is 6. The molecule has 28 heavy (non-hydrogen) atoms. The van der Waals surface area contributed by atoms with Crippen molar-refractivity contribution >= 4 is 46.1 Å². The highest BCUT2D eigenvalue weighted by atomic mass is 32.2. The van der Waals surface area contributed by atoms with Crippen LogP contribution in [0.3, 0.4) is 0 Å². The van der Waals surface area contributed by atoms with E-state index in [0.29, 0.717) is 11.3 Å². The molecular formula is C24H20N2S2. The Balaban J connectivity index is 1.50. The molecule has 2 atom stereocenters. The lowest BCUT2D eigenvalue weighted by atomic mass is 9.91. The largest absolute Gasteiger partial charge is 0.358 e. The van der Waals surface area contributed by atoms with Gasteiger partial charge in [0.2, 0.25) is 0 Å². The molecule has 0 bridgehead atoms. The first-order chi connectivity index (χ1) is 13.7. The summed E-state index contributed by atoms with van der Waals surface area (Å²) < 4.78 is 0. The summed E-state index contributed by atoms with van der Waals surface area (Å²) in [6, 6.07) is 22.4. The number of nitrogens with zero attached hydrogens (tertiary/aromatic N) is 2. The van der Waals surface area contributed by atoms with Gasteiger partial charge in [-0.1, -0.05) is 90.3 Å². The summed E-state index contributed by atoms with van der Waals surface area (Å²) in [5, 5.41) is 5.81. The second kappa shape index (κ2) is 6.10. The van der Waals surface area contributed by atoms with E-state index in [-0.39, 0.29) is 0 Å². The Bertz CT molecular complexity index is 1180. The van der Waals surface area contributed by atoms with Crippen molar-refractivity contribution in [2.45, 2.75) is 16.2 Å². The Kier molecular flexibility index (Phi) is 3.62. The van der Waals surface area contributed by atoms with Gasteiger partial charge < -0.3 is 9.80 Å².